The van der Waals surface area contributed by atoms with E-state index in [1.165, 1.54) is 37.1 Å². The third kappa shape index (κ3) is 10.2. The van der Waals surface area contributed by atoms with Gasteiger partial charge in [-0.3, -0.25) is 4.90 Å². The molecule has 1 atom stereocenters. The van der Waals surface area contributed by atoms with Gasteiger partial charge in [-0.2, -0.15) is 11.3 Å². The predicted octanol–water partition coefficient (Wildman–Crippen LogP) is 7.78. The van der Waals surface area contributed by atoms with Gasteiger partial charge in [0.25, 0.3) is 0 Å². The van der Waals surface area contributed by atoms with Crippen LogP contribution in [0.4, 0.5) is 0 Å². The fraction of sp³-hybridized carbons (Fsp3) is 0.621. The topological polar surface area (TPSA) is 53.0 Å². The van der Waals surface area contributed by atoms with Crippen LogP contribution in [0, 0.1) is 6.92 Å². The number of halogens is 2. The van der Waals surface area contributed by atoms with E-state index in [4.69, 9.17) is 33.0 Å². The molecule has 8 heteroatoms. The van der Waals surface area contributed by atoms with Crippen LogP contribution >= 0.6 is 34.5 Å². The summed E-state index contributed by atoms with van der Waals surface area (Å²) in [5.74, 6) is -0.821. The highest BCUT2D eigenvalue weighted by Crippen LogP contribution is 2.43. The van der Waals surface area contributed by atoms with Crippen molar-refractivity contribution in [1.29, 1.82) is 0 Å². The maximum Gasteiger partial charge on any atom is 0.335 e. The average Bonchev–Trinajstić information content (AvgIpc) is 3.64. The van der Waals surface area contributed by atoms with Crippen molar-refractivity contribution < 1.29 is 14.6 Å². The molecule has 3 aliphatic heterocycles. The average molecular weight is 572 g/mol. The molecule has 5 nitrogen and oxygen atoms in total. The first-order valence-electron chi connectivity index (χ1n) is 13.4. The number of likely N-dealkylation sites (tertiary alicyclic amines) is 2. The molecule has 1 N–H and O–H groups in total. The Hall–Kier alpha value is -1.15. The second kappa shape index (κ2) is 15.4. The number of carboxylic acid groups (broad SMARTS) is 1. The minimum atomic E-state index is -0.949. The van der Waals surface area contributed by atoms with E-state index in [0.717, 1.165) is 43.9 Å². The first-order valence-corrected chi connectivity index (χ1v) is 15.1. The minimum absolute atomic E-state index is 0.153. The number of ether oxygens (including phenoxy) is 1. The summed E-state index contributed by atoms with van der Waals surface area (Å²) in [6.45, 7) is 13.2. The lowest BCUT2D eigenvalue weighted by molar-refractivity contribution is -0.175. The summed E-state index contributed by atoms with van der Waals surface area (Å²) in [6, 6.07) is 7.83. The number of hydrogen-bond donors (Lipinski definition) is 1. The number of piperidine rings is 1. The highest BCUT2D eigenvalue weighted by molar-refractivity contribution is 7.07. The normalized spacial score (nSPS) is 22.8. The second-order valence-electron chi connectivity index (χ2n) is 10.1. The number of aryl methyl sites for hydroxylation is 1. The zero-order valence-electron chi connectivity index (χ0n) is 23.1. The highest BCUT2D eigenvalue weighted by atomic mass is 35.5. The molecular formula is C29H44Cl2N2O3S. The molecule has 1 aromatic carbocycles. The van der Waals surface area contributed by atoms with Gasteiger partial charge < -0.3 is 14.7 Å². The van der Waals surface area contributed by atoms with E-state index < -0.39 is 11.6 Å². The zero-order valence-corrected chi connectivity index (χ0v) is 25.4. The molecule has 3 aliphatic rings. The van der Waals surface area contributed by atoms with Crippen LogP contribution in [0.3, 0.4) is 0 Å². The Balaban J connectivity index is 0.000000203. The van der Waals surface area contributed by atoms with Crippen LogP contribution in [0.1, 0.15) is 70.4 Å². The number of carbonyl (C=O) groups is 1. The van der Waals surface area contributed by atoms with Crippen molar-refractivity contribution >= 4 is 40.5 Å². The highest BCUT2D eigenvalue weighted by Gasteiger charge is 2.51. The van der Waals surface area contributed by atoms with Crippen LogP contribution in [0.25, 0.3) is 0 Å². The SMILES string of the molecule is CC.CN1CCC2(CC1)CCC(C)(C(=O)O)O2.Cc1ccsc1.Clc1ccc(CN2CCCC2)c(Cl)c1. The van der Waals surface area contributed by atoms with Gasteiger partial charge in [0, 0.05) is 29.7 Å². The third-order valence-electron chi connectivity index (χ3n) is 7.12. The van der Waals surface area contributed by atoms with E-state index in [-0.39, 0.29) is 5.60 Å². The first kappa shape index (κ1) is 32.1. The number of benzene rings is 1. The van der Waals surface area contributed by atoms with Gasteiger partial charge in [0.05, 0.1) is 5.60 Å². The van der Waals surface area contributed by atoms with Crippen LogP contribution in [0.5, 0.6) is 0 Å². The van der Waals surface area contributed by atoms with Gasteiger partial charge in [-0.1, -0.05) is 43.1 Å². The fourth-order valence-corrected chi connectivity index (χ4v) is 5.87. The molecule has 1 spiro atoms. The lowest BCUT2D eigenvalue weighted by Crippen LogP contribution is -2.46. The van der Waals surface area contributed by atoms with Gasteiger partial charge in [-0.25, -0.2) is 4.79 Å². The molecule has 37 heavy (non-hydrogen) atoms. The Kier molecular flexibility index (Phi) is 13.4. The van der Waals surface area contributed by atoms with E-state index >= 15 is 0 Å². The number of aliphatic carboxylic acids is 1. The molecular weight excluding hydrogens is 527 g/mol. The predicted molar refractivity (Wildman–Crippen MR) is 157 cm³/mol. The first-order chi connectivity index (χ1) is 17.6. The number of rotatable bonds is 3. The zero-order chi connectivity index (χ0) is 27.5. The molecule has 1 unspecified atom stereocenters. The Morgan fingerprint density at radius 1 is 1.05 bits per heavy atom. The van der Waals surface area contributed by atoms with Gasteiger partial charge in [0.1, 0.15) is 0 Å². The minimum Gasteiger partial charge on any atom is -0.479 e. The second-order valence-corrected chi connectivity index (χ2v) is 11.8. The van der Waals surface area contributed by atoms with Crippen LogP contribution < -0.4 is 0 Å². The molecule has 0 bridgehead atoms. The Labute approximate surface area is 237 Å². The molecule has 4 heterocycles. The van der Waals surface area contributed by atoms with Crippen LogP contribution in [0.15, 0.2) is 35.0 Å². The number of thiophene rings is 1. The lowest BCUT2D eigenvalue weighted by Gasteiger charge is -2.38. The monoisotopic (exact) mass is 570 g/mol. The van der Waals surface area contributed by atoms with E-state index in [2.05, 4.69) is 40.6 Å². The molecule has 0 amide bonds. The Morgan fingerprint density at radius 3 is 2.16 bits per heavy atom. The summed E-state index contributed by atoms with van der Waals surface area (Å²) in [7, 11) is 2.10. The molecule has 5 rings (SSSR count). The van der Waals surface area contributed by atoms with Crippen molar-refractivity contribution in [2.45, 2.75) is 84.0 Å². The van der Waals surface area contributed by atoms with Crippen LogP contribution in [-0.2, 0) is 16.1 Å². The van der Waals surface area contributed by atoms with Gasteiger partial charge in [0.2, 0.25) is 0 Å². The van der Waals surface area contributed by atoms with Crippen molar-refractivity contribution in [3.8, 4) is 0 Å². The molecule has 1 aromatic heterocycles. The quantitative estimate of drug-likeness (QED) is 0.408. The molecule has 0 radical (unpaired) electrons. The van der Waals surface area contributed by atoms with Crippen molar-refractivity contribution in [3.63, 3.8) is 0 Å². The number of hydrogen-bond acceptors (Lipinski definition) is 5. The van der Waals surface area contributed by atoms with E-state index in [1.807, 2.05) is 32.0 Å². The Bertz CT molecular complexity index is 943. The largest absolute Gasteiger partial charge is 0.479 e. The van der Waals surface area contributed by atoms with Gasteiger partial charge in [-0.15, -0.1) is 0 Å². The van der Waals surface area contributed by atoms with Gasteiger partial charge in [0.15, 0.2) is 5.60 Å². The summed E-state index contributed by atoms with van der Waals surface area (Å²) in [5, 5.41) is 14.8. The summed E-state index contributed by atoms with van der Waals surface area (Å²) in [5.41, 5.74) is 1.44. The summed E-state index contributed by atoms with van der Waals surface area (Å²) >= 11 is 13.7. The molecule has 2 aromatic rings. The summed E-state index contributed by atoms with van der Waals surface area (Å²) in [6.07, 6.45) is 6.09. The van der Waals surface area contributed by atoms with Crippen molar-refractivity contribution in [3.05, 3.63) is 56.2 Å². The Morgan fingerprint density at radius 2 is 1.70 bits per heavy atom. The molecule has 0 aliphatic carbocycles. The third-order valence-corrected chi connectivity index (χ3v) is 8.51. The molecule has 0 saturated carbocycles. The summed E-state index contributed by atoms with van der Waals surface area (Å²) < 4.78 is 5.86. The molecule has 208 valence electrons. The van der Waals surface area contributed by atoms with Crippen LogP contribution in [0.2, 0.25) is 10.0 Å². The standard InChI is InChI=1S/C11H13Cl2N.C11H19NO3.C5H6S.C2H6/c12-10-4-3-9(11(13)7-10)8-14-5-1-2-6-14;1-10(9(13)14)3-4-11(15-10)5-7-12(2)8-6-11;1-5-2-3-6-4-5;1-2/h3-4,7H,1-2,5-6,8H2;3-8H2,1-2H3,(H,13,14);2-4H,1H3;1-2H3. The lowest BCUT2D eigenvalue weighted by atomic mass is 9.88. The van der Waals surface area contributed by atoms with E-state index in [9.17, 15) is 4.79 Å². The van der Waals surface area contributed by atoms with Crippen LogP contribution in [-0.4, -0.2) is 65.3 Å². The smallest absolute Gasteiger partial charge is 0.335 e. The maximum absolute atomic E-state index is 11.1. The van der Waals surface area contributed by atoms with Crippen molar-refractivity contribution in [2.24, 2.45) is 0 Å². The number of carboxylic acids is 1. The maximum atomic E-state index is 11.1. The van der Waals surface area contributed by atoms with E-state index in [0.29, 0.717) is 11.4 Å². The van der Waals surface area contributed by atoms with Gasteiger partial charge >= 0.3 is 5.97 Å². The molecule has 3 saturated heterocycles. The van der Waals surface area contributed by atoms with Gasteiger partial charge in [-0.05, 0) is 113 Å². The fourth-order valence-electron chi connectivity index (χ4n) is 4.74. The number of nitrogens with zero attached hydrogens (tertiary/aromatic N) is 2. The van der Waals surface area contributed by atoms with Crippen molar-refractivity contribution in [1.82, 2.24) is 9.80 Å². The summed E-state index contributed by atoms with van der Waals surface area (Å²) in [4.78, 5) is 15.8. The molecule has 3 fully saturated rings. The van der Waals surface area contributed by atoms with Crippen molar-refractivity contribution in [2.75, 3.05) is 33.2 Å². The van der Waals surface area contributed by atoms with E-state index in [1.54, 1.807) is 18.3 Å².